The SMILES string of the molecule is CCCCCN(C)C(=O)c1sc(N2CCNCC2)nc1N. The zero-order valence-corrected chi connectivity index (χ0v) is 13.7. The molecule has 0 radical (unpaired) electrons. The largest absolute Gasteiger partial charge is 0.382 e. The van der Waals surface area contributed by atoms with E-state index in [1.807, 2.05) is 7.05 Å². The Kier molecular flexibility index (Phi) is 5.81. The molecule has 2 heterocycles. The summed E-state index contributed by atoms with van der Waals surface area (Å²) in [5.74, 6) is 0.350. The van der Waals surface area contributed by atoms with Crippen LogP contribution in [0.15, 0.2) is 0 Å². The van der Waals surface area contributed by atoms with Gasteiger partial charge in [0.15, 0.2) is 5.13 Å². The molecule has 1 aromatic rings. The lowest BCUT2D eigenvalue weighted by molar-refractivity contribution is 0.0798. The van der Waals surface area contributed by atoms with Gasteiger partial charge in [-0.1, -0.05) is 31.1 Å². The molecule has 6 nitrogen and oxygen atoms in total. The number of aromatic nitrogens is 1. The van der Waals surface area contributed by atoms with Crippen molar-refractivity contribution in [2.24, 2.45) is 0 Å². The lowest BCUT2D eigenvalue weighted by atomic mass is 10.2. The van der Waals surface area contributed by atoms with Crippen molar-refractivity contribution in [2.75, 3.05) is 50.4 Å². The quantitative estimate of drug-likeness (QED) is 0.777. The molecule has 1 aliphatic heterocycles. The minimum atomic E-state index is -0.0116. The Morgan fingerprint density at radius 1 is 1.43 bits per heavy atom. The number of unbranched alkanes of at least 4 members (excludes halogenated alkanes) is 2. The first-order valence-corrected chi connectivity index (χ1v) is 8.42. The number of carbonyl (C=O) groups excluding carboxylic acids is 1. The molecule has 1 aliphatic rings. The maximum Gasteiger partial charge on any atom is 0.267 e. The van der Waals surface area contributed by atoms with E-state index in [0.717, 1.165) is 57.1 Å². The molecule has 0 aliphatic carbocycles. The number of nitrogens with one attached hydrogen (secondary N) is 1. The average molecular weight is 311 g/mol. The third-order valence-corrected chi connectivity index (χ3v) is 4.79. The van der Waals surface area contributed by atoms with Crippen LogP contribution in [-0.2, 0) is 0 Å². The molecule has 1 aromatic heterocycles. The maximum absolute atomic E-state index is 12.4. The molecular weight excluding hydrogens is 286 g/mol. The smallest absolute Gasteiger partial charge is 0.267 e. The van der Waals surface area contributed by atoms with Crippen LogP contribution >= 0.6 is 11.3 Å². The van der Waals surface area contributed by atoms with E-state index in [-0.39, 0.29) is 5.91 Å². The fourth-order valence-electron chi connectivity index (χ4n) is 2.34. The molecule has 7 heteroatoms. The number of nitrogens with two attached hydrogens (primary N) is 1. The molecule has 1 saturated heterocycles. The highest BCUT2D eigenvalue weighted by Crippen LogP contribution is 2.29. The van der Waals surface area contributed by atoms with Gasteiger partial charge in [0, 0.05) is 39.8 Å². The molecule has 2 rings (SSSR count). The van der Waals surface area contributed by atoms with E-state index in [9.17, 15) is 4.79 Å². The van der Waals surface area contributed by atoms with Crippen molar-refractivity contribution >= 4 is 28.2 Å². The van der Waals surface area contributed by atoms with Gasteiger partial charge in [-0.25, -0.2) is 4.98 Å². The molecule has 1 amide bonds. The Balaban J connectivity index is 2.01. The number of thiazole rings is 1. The van der Waals surface area contributed by atoms with Gasteiger partial charge in [0.05, 0.1) is 0 Å². The summed E-state index contributed by atoms with van der Waals surface area (Å²) < 4.78 is 0. The summed E-state index contributed by atoms with van der Waals surface area (Å²) in [7, 11) is 1.83. The van der Waals surface area contributed by atoms with Crippen molar-refractivity contribution < 1.29 is 4.79 Å². The van der Waals surface area contributed by atoms with Crippen molar-refractivity contribution in [1.82, 2.24) is 15.2 Å². The van der Waals surface area contributed by atoms with Crippen molar-refractivity contribution in [2.45, 2.75) is 26.2 Å². The minimum absolute atomic E-state index is 0.0116. The van der Waals surface area contributed by atoms with Crippen LogP contribution in [0.3, 0.4) is 0 Å². The van der Waals surface area contributed by atoms with E-state index in [1.165, 1.54) is 11.3 Å². The summed E-state index contributed by atoms with van der Waals surface area (Å²) in [5, 5.41) is 4.16. The molecule has 21 heavy (non-hydrogen) atoms. The fraction of sp³-hybridized carbons (Fsp3) is 0.714. The number of hydrogen-bond acceptors (Lipinski definition) is 6. The Bertz CT molecular complexity index is 470. The van der Waals surface area contributed by atoms with Crippen LogP contribution in [0.5, 0.6) is 0 Å². The van der Waals surface area contributed by atoms with E-state index in [2.05, 4.69) is 22.1 Å². The summed E-state index contributed by atoms with van der Waals surface area (Å²) >= 11 is 1.41. The van der Waals surface area contributed by atoms with Gasteiger partial charge in [-0.2, -0.15) is 0 Å². The van der Waals surface area contributed by atoms with Crippen molar-refractivity contribution in [3.8, 4) is 0 Å². The fourth-order valence-corrected chi connectivity index (χ4v) is 3.37. The number of piperazine rings is 1. The van der Waals surface area contributed by atoms with Crippen molar-refractivity contribution in [3.63, 3.8) is 0 Å². The van der Waals surface area contributed by atoms with Gasteiger partial charge in [0.1, 0.15) is 10.7 Å². The molecule has 3 N–H and O–H groups in total. The third-order valence-electron chi connectivity index (χ3n) is 3.67. The van der Waals surface area contributed by atoms with E-state index >= 15 is 0 Å². The molecule has 0 spiro atoms. The summed E-state index contributed by atoms with van der Waals surface area (Å²) in [5.41, 5.74) is 5.95. The normalized spacial score (nSPS) is 15.2. The van der Waals surface area contributed by atoms with Gasteiger partial charge in [-0.3, -0.25) is 4.79 Å². The Hall–Kier alpha value is -1.34. The Morgan fingerprint density at radius 3 is 2.81 bits per heavy atom. The molecule has 0 aromatic carbocycles. The monoisotopic (exact) mass is 311 g/mol. The topological polar surface area (TPSA) is 74.5 Å². The van der Waals surface area contributed by atoms with Crippen molar-refractivity contribution in [1.29, 1.82) is 0 Å². The first-order valence-electron chi connectivity index (χ1n) is 7.61. The number of nitrogens with zero attached hydrogens (tertiary/aromatic N) is 3. The van der Waals surface area contributed by atoms with Gasteiger partial charge < -0.3 is 20.9 Å². The maximum atomic E-state index is 12.4. The van der Waals surface area contributed by atoms with Crippen molar-refractivity contribution in [3.05, 3.63) is 4.88 Å². The highest BCUT2D eigenvalue weighted by molar-refractivity contribution is 7.18. The average Bonchev–Trinajstić information content (AvgIpc) is 2.89. The first-order chi connectivity index (χ1) is 10.1. The molecular formula is C14H25N5OS. The predicted molar refractivity (Wildman–Crippen MR) is 88.1 cm³/mol. The van der Waals surface area contributed by atoms with Gasteiger partial charge in [0.2, 0.25) is 0 Å². The minimum Gasteiger partial charge on any atom is -0.382 e. The number of rotatable bonds is 6. The van der Waals surface area contributed by atoms with Gasteiger partial charge in [0.25, 0.3) is 5.91 Å². The molecule has 0 bridgehead atoms. The summed E-state index contributed by atoms with van der Waals surface area (Å²) in [4.78, 5) is 21.3. The zero-order chi connectivity index (χ0) is 15.2. The Morgan fingerprint density at radius 2 is 2.14 bits per heavy atom. The molecule has 0 saturated carbocycles. The Labute approximate surface area is 130 Å². The van der Waals surface area contributed by atoms with Crippen LogP contribution in [-0.4, -0.2) is 55.6 Å². The van der Waals surface area contributed by atoms with Gasteiger partial charge in [-0.15, -0.1) is 0 Å². The second-order valence-corrected chi connectivity index (χ2v) is 6.36. The summed E-state index contributed by atoms with van der Waals surface area (Å²) in [6.45, 7) is 6.63. The number of carbonyl (C=O) groups is 1. The number of amides is 1. The highest BCUT2D eigenvalue weighted by Gasteiger charge is 2.22. The lowest BCUT2D eigenvalue weighted by Gasteiger charge is -2.26. The van der Waals surface area contributed by atoms with Gasteiger partial charge in [-0.05, 0) is 6.42 Å². The van der Waals surface area contributed by atoms with E-state index in [4.69, 9.17) is 5.73 Å². The summed E-state index contributed by atoms with van der Waals surface area (Å²) in [6, 6.07) is 0. The van der Waals surface area contributed by atoms with E-state index < -0.39 is 0 Å². The van der Waals surface area contributed by atoms with Crippen LogP contribution in [0.4, 0.5) is 10.9 Å². The van der Waals surface area contributed by atoms with Crippen LogP contribution in [0.2, 0.25) is 0 Å². The molecule has 0 atom stereocenters. The second-order valence-electron chi connectivity index (χ2n) is 5.38. The second kappa shape index (κ2) is 7.61. The first kappa shape index (κ1) is 16.0. The van der Waals surface area contributed by atoms with E-state index in [1.54, 1.807) is 4.90 Å². The summed E-state index contributed by atoms with van der Waals surface area (Å²) in [6.07, 6.45) is 3.32. The lowest BCUT2D eigenvalue weighted by Crippen LogP contribution is -2.43. The third kappa shape index (κ3) is 4.07. The van der Waals surface area contributed by atoms with E-state index in [0.29, 0.717) is 10.7 Å². The standard InChI is InChI=1S/C14H25N5OS/c1-3-4-5-8-18(2)13(20)11-12(15)17-14(21-11)19-9-6-16-7-10-19/h16H,3-10,15H2,1-2H3. The zero-order valence-electron chi connectivity index (χ0n) is 12.9. The predicted octanol–water partition coefficient (Wildman–Crippen LogP) is 1.40. The van der Waals surface area contributed by atoms with Crippen LogP contribution in [0.25, 0.3) is 0 Å². The van der Waals surface area contributed by atoms with Gasteiger partial charge >= 0.3 is 0 Å². The van der Waals surface area contributed by atoms with Crippen LogP contribution in [0.1, 0.15) is 35.9 Å². The molecule has 0 unspecified atom stereocenters. The number of hydrogen-bond donors (Lipinski definition) is 2. The molecule has 1 fully saturated rings. The van der Waals surface area contributed by atoms with Crippen LogP contribution in [0, 0.1) is 0 Å². The number of nitrogen functional groups attached to an aromatic ring is 1. The highest BCUT2D eigenvalue weighted by atomic mass is 32.1. The molecule has 118 valence electrons. The number of anilines is 2. The van der Waals surface area contributed by atoms with Crippen LogP contribution < -0.4 is 16.0 Å².